The van der Waals surface area contributed by atoms with Crippen LogP contribution >= 0.6 is 11.3 Å². The molecular weight excluding hydrogens is 298 g/mol. The molecule has 9 heteroatoms. The minimum Gasteiger partial charge on any atom is -0.381 e. The number of nitrogens with one attached hydrogen (secondary N) is 1. The molecule has 1 aliphatic heterocycles. The second kappa shape index (κ2) is 4.99. The van der Waals surface area contributed by atoms with Gasteiger partial charge in [0.15, 0.2) is 15.8 Å². The van der Waals surface area contributed by atoms with Gasteiger partial charge < -0.3 is 10.6 Å². The molecule has 0 saturated carbocycles. The van der Waals surface area contributed by atoms with Crippen molar-refractivity contribution in [3.05, 3.63) is 11.6 Å². The Kier molecular flexibility index (Phi) is 3.44. The molecule has 0 aromatic carbocycles. The van der Waals surface area contributed by atoms with Gasteiger partial charge in [-0.3, -0.25) is 4.40 Å². The number of piperidine rings is 1. The molecule has 0 spiro atoms. The lowest BCUT2D eigenvalue weighted by atomic mass is 10.1. The van der Waals surface area contributed by atoms with Crippen LogP contribution in [-0.4, -0.2) is 48.9 Å². The highest BCUT2D eigenvalue weighted by atomic mass is 32.2. The number of anilines is 1. The molecule has 1 saturated heterocycles. The molecule has 3 heterocycles. The van der Waals surface area contributed by atoms with Gasteiger partial charge in [-0.15, -0.1) is 11.3 Å². The quantitative estimate of drug-likeness (QED) is 0.852. The highest BCUT2D eigenvalue weighted by Gasteiger charge is 2.28. The van der Waals surface area contributed by atoms with Gasteiger partial charge in [-0.1, -0.05) is 0 Å². The van der Waals surface area contributed by atoms with E-state index in [0.717, 1.165) is 19.4 Å². The van der Waals surface area contributed by atoms with Crippen LogP contribution in [0.15, 0.2) is 16.6 Å². The molecule has 0 bridgehead atoms. The molecular formula is C11H17N5O2S2. The van der Waals surface area contributed by atoms with Crippen LogP contribution in [0.1, 0.15) is 12.8 Å². The maximum Gasteiger partial charge on any atom is 0.260 e. The van der Waals surface area contributed by atoms with E-state index in [0.29, 0.717) is 11.5 Å². The topological polar surface area (TPSA) is 92.7 Å². The van der Waals surface area contributed by atoms with Crippen molar-refractivity contribution >= 4 is 32.1 Å². The fourth-order valence-corrected chi connectivity index (χ4v) is 4.84. The lowest BCUT2D eigenvalue weighted by molar-refractivity contribution is 0.242. The Bertz CT molecular complexity index is 720. The Morgan fingerprint density at radius 2 is 2.35 bits per heavy atom. The number of hydrogen-bond donors (Lipinski definition) is 2. The Labute approximate surface area is 121 Å². The zero-order valence-electron chi connectivity index (χ0n) is 11.1. The monoisotopic (exact) mass is 315 g/mol. The molecule has 0 amide bonds. The van der Waals surface area contributed by atoms with Crippen molar-refractivity contribution in [3.63, 3.8) is 0 Å². The van der Waals surface area contributed by atoms with Crippen LogP contribution < -0.4 is 10.5 Å². The largest absolute Gasteiger partial charge is 0.381 e. The first-order valence-corrected chi connectivity index (χ1v) is 8.75. The van der Waals surface area contributed by atoms with E-state index in [1.54, 1.807) is 11.6 Å². The highest BCUT2D eigenvalue weighted by Crippen LogP contribution is 2.24. The van der Waals surface area contributed by atoms with Crippen LogP contribution in [0.25, 0.3) is 4.96 Å². The highest BCUT2D eigenvalue weighted by molar-refractivity contribution is 7.89. The van der Waals surface area contributed by atoms with Gasteiger partial charge in [-0.2, -0.15) is 0 Å². The molecule has 1 unspecified atom stereocenters. The van der Waals surface area contributed by atoms with E-state index in [-0.39, 0.29) is 16.9 Å². The smallest absolute Gasteiger partial charge is 0.260 e. The maximum atomic E-state index is 12.5. The molecule has 20 heavy (non-hydrogen) atoms. The molecule has 1 aliphatic rings. The summed E-state index contributed by atoms with van der Waals surface area (Å²) >= 11 is 1.36. The van der Waals surface area contributed by atoms with Crippen molar-refractivity contribution in [2.45, 2.75) is 23.9 Å². The SMILES string of the molecule is CN1CCCC(NS(=O)(=O)c2c(N)nc3sccn23)C1. The number of rotatable bonds is 3. The second-order valence-electron chi connectivity index (χ2n) is 5.08. The molecule has 1 atom stereocenters. The normalized spacial score (nSPS) is 21.6. The van der Waals surface area contributed by atoms with E-state index >= 15 is 0 Å². The minimum absolute atomic E-state index is 0.0435. The summed E-state index contributed by atoms with van der Waals surface area (Å²) in [7, 11) is -1.67. The average Bonchev–Trinajstić information content (AvgIpc) is 2.87. The molecule has 7 nitrogen and oxygen atoms in total. The van der Waals surface area contributed by atoms with Crippen LogP contribution in [-0.2, 0) is 10.0 Å². The minimum atomic E-state index is -3.66. The molecule has 110 valence electrons. The van der Waals surface area contributed by atoms with Crippen LogP contribution in [0.4, 0.5) is 5.82 Å². The summed E-state index contributed by atoms with van der Waals surface area (Å²) in [6.45, 7) is 1.71. The van der Waals surface area contributed by atoms with Crippen molar-refractivity contribution < 1.29 is 8.42 Å². The molecule has 1 fully saturated rings. The Morgan fingerprint density at radius 3 is 3.10 bits per heavy atom. The Hall–Kier alpha value is -1.16. The number of hydrogen-bond acceptors (Lipinski definition) is 6. The fraction of sp³-hybridized carbons (Fsp3) is 0.545. The number of likely N-dealkylation sites (N-methyl/N-ethyl adjacent to an activating group) is 1. The molecule has 3 rings (SSSR count). The third kappa shape index (κ3) is 2.41. The van der Waals surface area contributed by atoms with Crippen LogP contribution in [0.2, 0.25) is 0 Å². The zero-order chi connectivity index (χ0) is 14.3. The van der Waals surface area contributed by atoms with E-state index in [1.165, 1.54) is 15.7 Å². The fourth-order valence-electron chi connectivity index (χ4n) is 2.59. The van der Waals surface area contributed by atoms with Crippen molar-refractivity contribution in [3.8, 4) is 0 Å². The Morgan fingerprint density at radius 1 is 1.55 bits per heavy atom. The van der Waals surface area contributed by atoms with Gasteiger partial charge in [0, 0.05) is 24.2 Å². The summed E-state index contributed by atoms with van der Waals surface area (Å²) in [4.78, 5) is 6.79. The molecule has 0 radical (unpaired) electrons. The third-order valence-electron chi connectivity index (χ3n) is 3.44. The van der Waals surface area contributed by atoms with Gasteiger partial charge in [0.05, 0.1) is 0 Å². The summed E-state index contributed by atoms with van der Waals surface area (Å²) < 4.78 is 29.3. The van der Waals surface area contributed by atoms with E-state index in [1.807, 2.05) is 7.05 Å². The predicted octanol–water partition coefficient (Wildman–Crippen LogP) is 0.350. The van der Waals surface area contributed by atoms with Crippen molar-refractivity contribution in [1.29, 1.82) is 0 Å². The van der Waals surface area contributed by atoms with E-state index in [2.05, 4.69) is 14.6 Å². The van der Waals surface area contributed by atoms with Gasteiger partial charge in [0.1, 0.15) is 0 Å². The van der Waals surface area contributed by atoms with Gasteiger partial charge in [0.25, 0.3) is 10.0 Å². The predicted molar refractivity (Wildman–Crippen MR) is 78.3 cm³/mol. The number of nitrogens with two attached hydrogens (primary N) is 1. The van der Waals surface area contributed by atoms with Crippen molar-refractivity contribution in [1.82, 2.24) is 19.0 Å². The number of thiazole rings is 1. The zero-order valence-corrected chi connectivity index (χ0v) is 12.7. The first-order valence-electron chi connectivity index (χ1n) is 6.39. The lowest BCUT2D eigenvalue weighted by Gasteiger charge is -2.29. The molecule has 2 aromatic rings. The Balaban J connectivity index is 1.91. The second-order valence-corrected chi connectivity index (χ2v) is 7.58. The first kappa shape index (κ1) is 13.8. The van der Waals surface area contributed by atoms with E-state index in [9.17, 15) is 8.42 Å². The van der Waals surface area contributed by atoms with Gasteiger partial charge in [-0.05, 0) is 26.4 Å². The number of fused-ring (bicyclic) bond motifs is 1. The van der Waals surface area contributed by atoms with Crippen molar-refractivity contribution in [2.24, 2.45) is 0 Å². The molecule has 0 aliphatic carbocycles. The number of nitrogen functional groups attached to an aromatic ring is 1. The van der Waals surface area contributed by atoms with Gasteiger partial charge >= 0.3 is 0 Å². The number of imidazole rings is 1. The van der Waals surface area contributed by atoms with Crippen LogP contribution in [0, 0.1) is 0 Å². The third-order valence-corrected chi connectivity index (χ3v) is 5.76. The number of aromatic nitrogens is 2. The summed E-state index contributed by atoms with van der Waals surface area (Å²) in [6.07, 6.45) is 3.50. The maximum absolute atomic E-state index is 12.5. The van der Waals surface area contributed by atoms with E-state index in [4.69, 9.17) is 5.73 Å². The number of likely N-dealkylation sites (tertiary alicyclic amines) is 1. The van der Waals surface area contributed by atoms with E-state index < -0.39 is 10.0 Å². The summed E-state index contributed by atoms with van der Waals surface area (Å²) in [6, 6.07) is -0.0812. The molecule has 2 aromatic heterocycles. The van der Waals surface area contributed by atoms with Crippen molar-refractivity contribution in [2.75, 3.05) is 25.9 Å². The molecule has 3 N–H and O–H groups in total. The summed E-state index contributed by atoms with van der Waals surface area (Å²) in [5.74, 6) is 0.0496. The van der Waals surface area contributed by atoms with Crippen LogP contribution in [0.3, 0.4) is 0 Å². The average molecular weight is 315 g/mol. The summed E-state index contributed by atoms with van der Waals surface area (Å²) in [5.41, 5.74) is 5.76. The van der Waals surface area contributed by atoms with Gasteiger partial charge in [-0.25, -0.2) is 18.1 Å². The summed E-state index contributed by atoms with van der Waals surface area (Å²) in [5, 5.41) is 1.83. The van der Waals surface area contributed by atoms with Crippen LogP contribution in [0.5, 0.6) is 0 Å². The number of sulfonamides is 1. The first-order chi connectivity index (χ1) is 9.47. The lowest BCUT2D eigenvalue weighted by Crippen LogP contribution is -2.46. The standard InChI is InChI=1S/C11H17N5O2S2/c1-15-4-2-3-8(7-15)14-20(17,18)10-9(12)13-11-16(10)5-6-19-11/h5-6,8,14H,2-4,7,12H2,1H3. The number of nitrogens with zero attached hydrogens (tertiary/aromatic N) is 3. The van der Waals surface area contributed by atoms with Gasteiger partial charge in [0.2, 0.25) is 0 Å².